The SMILES string of the molecule is COc1ccc(CN(C)Cc2cc(N)no2)cc1C. The second kappa shape index (κ2) is 5.75. The number of benzene rings is 1. The third-order valence-electron chi connectivity index (χ3n) is 2.91. The Morgan fingerprint density at radius 2 is 2.11 bits per heavy atom. The molecule has 0 fully saturated rings. The molecule has 2 rings (SSSR count). The molecule has 0 radical (unpaired) electrons. The lowest BCUT2D eigenvalue weighted by molar-refractivity contribution is 0.267. The minimum atomic E-state index is 0.420. The van der Waals surface area contributed by atoms with Gasteiger partial charge in [-0.3, -0.25) is 4.90 Å². The highest BCUT2D eigenvalue weighted by molar-refractivity contribution is 5.36. The molecular formula is C14H19N3O2. The van der Waals surface area contributed by atoms with E-state index < -0.39 is 0 Å². The zero-order valence-electron chi connectivity index (χ0n) is 11.5. The van der Waals surface area contributed by atoms with Gasteiger partial charge in [-0.15, -0.1) is 0 Å². The van der Waals surface area contributed by atoms with Crippen molar-refractivity contribution in [3.05, 3.63) is 41.2 Å². The van der Waals surface area contributed by atoms with Crippen molar-refractivity contribution >= 4 is 5.82 Å². The summed E-state index contributed by atoms with van der Waals surface area (Å²) in [4.78, 5) is 2.14. The highest BCUT2D eigenvalue weighted by Crippen LogP contribution is 2.19. The minimum absolute atomic E-state index is 0.420. The van der Waals surface area contributed by atoms with Crippen LogP contribution in [0.15, 0.2) is 28.8 Å². The predicted octanol–water partition coefficient (Wildman–Crippen LogP) is 2.21. The Morgan fingerprint density at radius 1 is 1.32 bits per heavy atom. The Balaban J connectivity index is 1.98. The summed E-state index contributed by atoms with van der Waals surface area (Å²) in [5, 5.41) is 3.67. The van der Waals surface area contributed by atoms with E-state index in [0.29, 0.717) is 12.4 Å². The van der Waals surface area contributed by atoms with Crippen LogP contribution in [0.5, 0.6) is 5.75 Å². The van der Waals surface area contributed by atoms with E-state index in [1.807, 2.05) is 20.0 Å². The number of ether oxygens (including phenoxy) is 1. The van der Waals surface area contributed by atoms with Crippen LogP contribution in [0.1, 0.15) is 16.9 Å². The molecule has 0 saturated heterocycles. The van der Waals surface area contributed by atoms with Crippen LogP contribution in [-0.2, 0) is 13.1 Å². The van der Waals surface area contributed by atoms with Gasteiger partial charge >= 0.3 is 0 Å². The fourth-order valence-electron chi connectivity index (χ4n) is 2.08. The van der Waals surface area contributed by atoms with Crippen molar-refractivity contribution in [1.29, 1.82) is 0 Å². The maximum absolute atomic E-state index is 5.52. The summed E-state index contributed by atoms with van der Waals surface area (Å²) in [7, 11) is 3.71. The van der Waals surface area contributed by atoms with Crippen molar-refractivity contribution in [3.8, 4) is 5.75 Å². The molecule has 0 aliphatic rings. The molecule has 5 heteroatoms. The molecule has 0 saturated carbocycles. The number of nitrogens with zero attached hydrogens (tertiary/aromatic N) is 2. The molecule has 0 aliphatic carbocycles. The van der Waals surface area contributed by atoms with E-state index in [0.717, 1.165) is 23.6 Å². The predicted molar refractivity (Wildman–Crippen MR) is 73.8 cm³/mol. The Kier molecular flexibility index (Phi) is 4.06. The van der Waals surface area contributed by atoms with Gasteiger partial charge in [-0.05, 0) is 31.2 Å². The van der Waals surface area contributed by atoms with Gasteiger partial charge in [-0.1, -0.05) is 17.3 Å². The molecule has 0 amide bonds. The summed E-state index contributed by atoms with van der Waals surface area (Å²) in [6.07, 6.45) is 0. The molecule has 0 atom stereocenters. The van der Waals surface area contributed by atoms with Gasteiger partial charge in [0.15, 0.2) is 11.6 Å². The summed E-state index contributed by atoms with van der Waals surface area (Å²) in [6, 6.07) is 7.93. The van der Waals surface area contributed by atoms with Crippen molar-refractivity contribution in [2.45, 2.75) is 20.0 Å². The molecule has 0 bridgehead atoms. The molecule has 0 spiro atoms. The van der Waals surface area contributed by atoms with Gasteiger partial charge in [0, 0.05) is 12.6 Å². The molecule has 102 valence electrons. The number of rotatable bonds is 5. The van der Waals surface area contributed by atoms with Crippen LogP contribution in [0.25, 0.3) is 0 Å². The number of hydrogen-bond acceptors (Lipinski definition) is 5. The fourth-order valence-corrected chi connectivity index (χ4v) is 2.08. The van der Waals surface area contributed by atoms with Gasteiger partial charge in [0.05, 0.1) is 13.7 Å². The number of nitrogen functional groups attached to an aromatic ring is 1. The zero-order valence-corrected chi connectivity index (χ0v) is 11.5. The molecule has 2 N–H and O–H groups in total. The second-order valence-corrected chi connectivity index (χ2v) is 4.69. The first-order chi connectivity index (χ1) is 9.08. The van der Waals surface area contributed by atoms with Crippen molar-refractivity contribution in [2.24, 2.45) is 0 Å². The first-order valence-electron chi connectivity index (χ1n) is 6.11. The van der Waals surface area contributed by atoms with E-state index in [-0.39, 0.29) is 0 Å². The average molecular weight is 261 g/mol. The lowest BCUT2D eigenvalue weighted by Gasteiger charge is -2.15. The number of methoxy groups -OCH3 is 1. The van der Waals surface area contributed by atoms with Gasteiger partial charge in [-0.2, -0.15) is 0 Å². The Labute approximate surface area is 112 Å². The highest BCUT2D eigenvalue weighted by atomic mass is 16.5. The molecular weight excluding hydrogens is 242 g/mol. The molecule has 0 aliphatic heterocycles. The largest absolute Gasteiger partial charge is 0.496 e. The highest BCUT2D eigenvalue weighted by Gasteiger charge is 2.07. The van der Waals surface area contributed by atoms with Crippen LogP contribution in [-0.4, -0.2) is 24.2 Å². The first kappa shape index (κ1) is 13.4. The van der Waals surface area contributed by atoms with Crippen LogP contribution < -0.4 is 10.5 Å². The van der Waals surface area contributed by atoms with Gasteiger partial charge < -0.3 is 15.0 Å². The molecule has 0 unspecified atom stereocenters. The summed E-state index contributed by atoms with van der Waals surface area (Å²) < 4.78 is 10.3. The number of aromatic nitrogens is 1. The van der Waals surface area contributed by atoms with Crippen LogP contribution in [0.2, 0.25) is 0 Å². The maximum atomic E-state index is 5.52. The standard InChI is InChI=1S/C14H19N3O2/c1-10-6-11(4-5-13(10)18-3)8-17(2)9-12-7-14(15)16-19-12/h4-7H,8-9H2,1-3H3,(H2,15,16). The van der Waals surface area contributed by atoms with Crippen LogP contribution in [0.3, 0.4) is 0 Å². The zero-order chi connectivity index (χ0) is 13.8. The average Bonchev–Trinajstić information content (AvgIpc) is 2.74. The van der Waals surface area contributed by atoms with Gasteiger partial charge in [0.1, 0.15) is 5.75 Å². The van der Waals surface area contributed by atoms with E-state index in [1.165, 1.54) is 5.56 Å². The number of anilines is 1. The monoisotopic (exact) mass is 261 g/mol. The van der Waals surface area contributed by atoms with Gasteiger partial charge in [0.2, 0.25) is 0 Å². The van der Waals surface area contributed by atoms with Crippen molar-refractivity contribution in [1.82, 2.24) is 10.1 Å². The van der Waals surface area contributed by atoms with E-state index in [1.54, 1.807) is 13.2 Å². The summed E-state index contributed by atoms with van der Waals surface area (Å²) >= 11 is 0. The van der Waals surface area contributed by atoms with E-state index in [4.69, 9.17) is 15.0 Å². The lowest BCUT2D eigenvalue weighted by Crippen LogP contribution is -2.16. The Bertz CT molecular complexity index is 551. The third kappa shape index (κ3) is 3.48. The van der Waals surface area contributed by atoms with Crippen molar-refractivity contribution in [2.75, 3.05) is 19.9 Å². The lowest BCUT2D eigenvalue weighted by atomic mass is 10.1. The van der Waals surface area contributed by atoms with E-state index >= 15 is 0 Å². The van der Waals surface area contributed by atoms with Crippen molar-refractivity contribution in [3.63, 3.8) is 0 Å². The minimum Gasteiger partial charge on any atom is -0.496 e. The smallest absolute Gasteiger partial charge is 0.167 e. The molecule has 19 heavy (non-hydrogen) atoms. The fraction of sp³-hybridized carbons (Fsp3) is 0.357. The normalized spacial score (nSPS) is 10.9. The van der Waals surface area contributed by atoms with Gasteiger partial charge in [-0.25, -0.2) is 0 Å². The maximum Gasteiger partial charge on any atom is 0.167 e. The quantitative estimate of drug-likeness (QED) is 0.894. The molecule has 1 aromatic heterocycles. The third-order valence-corrected chi connectivity index (χ3v) is 2.91. The van der Waals surface area contributed by atoms with E-state index in [9.17, 15) is 0 Å². The second-order valence-electron chi connectivity index (χ2n) is 4.69. The van der Waals surface area contributed by atoms with Crippen LogP contribution in [0, 0.1) is 6.92 Å². The molecule has 2 aromatic rings. The number of hydrogen-bond donors (Lipinski definition) is 1. The van der Waals surface area contributed by atoms with Gasteiger partial charge in [0.25, 0.3) is 0 Å². The molecule has 5 nitrogen and oxygen atoms in total. The molecule has 1 heterocycles. The number of aryl methyl sites for hydroxylation is 1. The summed E-state index contributed by atoms with van der Waals surface area (Å²) in [5.74, 6) is 2.10. The summed E-state index contributed by atoms with van der Waals surface area (Å²) in [5.41, 5.74) is 7.89. The van der Waals surface area contributed by atoms with Crippen LogP contribution >= 0.6 is 0 Å². The van der Waals surface area contributed by atoms with E-state index in [2.05, 4.69) is 22.2 Å². The van der Waals surface area contributed by atoms with Crippen molar-refractivity contribution < 1.29 is 9.26 Å². The Hall–Kier alpha value is -2.01. The topological polar surface area (TPSA) is 64.5 Å². The summed E-state index contributed by atoms with van der Waals surface area (Å²) in [6.45, 7) is 3.54. The Morgan fingerprint density at radius 3 is 2.68 bits per heavy atom. The first-order valence-corrected chi connectivity index (χ1v) is 6.11. The molecule has 1 aromatic carbocycles. The van der Waals surface area contributed by atoms with Crippen LogP contribution in [0.4, 0.5) is 5.82 Å². The number of nitrogens with two attached hydrogens (primary N) is 1.